The average Bonchev–Trinajstić information content (AvgIpc) is 2.35. The lowest BCUT2D eigenvalue weighted by molar-refractivity contribution is 0.574. The predicted molar refractivity (Wildman–Crippen MR) is 77.5 cm³/mol. The zero-order valence-corrected chi connectivity index (χ0v) is 11.8. The number of nitrogens with two attached hydrogens (primary N) is 1. The Kier molecular flexibility index (Phi) is 4.13. The minimum atomic E-state index is -3.17. The largest absolute Gasteiger partial charge is 0.320 e. The lowest BCUT2D eigenvalue weighted by atomic mass is 10.1. The van der Waals surface area contributed by atoms with Gasteiger partial charge in [0.1, 0.15) is 0 Å². The Balaban J connectivity index is 2.41. The summed E-state index contributed by atoms with van der Waals surface area (Å²) in [7, 11) is -3.17. The van der Waals surface area contributed by atoms with Gasteiger partial charge in [0, 0.05) is 12.1 Å². The summed E-state index contributed by atoms with van der Waals surface area (Å²) in [6, 6.07) is 5.64. The highest BCUT2D eigenvalue weighted by atomic mass is 32.2. The van der Waals surface area contributed by atoms with Crippen molar-refractivity contribution in [2.24, 2.45) is 5.73 Å². The SMILES string of the molecule is Cc1cc(C#CCN)cc(N2CCCCS2(=O)=O)c1. The van der Waals surface area contributed by atoms with E-state index in [1.165, 1.54) is 4.31 Å². The summed E-state index contributed by atoms with van der Waals surface area (Å²) in [4.78, 5) is 0. The summed E-state index contributed by atoms with van der Waals surface area (Å²) in [5, 5.41) is 0. The Morgan fingerprint density at radius 3 is 2.79 bits per heavy atom. The van der Waals surface area contributed by atoms with E-state index in [1.54, 1.807) is 0 Å². The van der Waals surface area contributed by atoms with Gasteiger partial charge in [-0.15, -0.1) is 0 Å². The topological polar surface area (TPSA) is 63.4 Å². The second kappa shape index (κ2) is 5.64. The molecule has 102 valence electrons. The molecule has 0 bridgehead atoms. The van der Waals surface area contributed by atoms with Crippen molar-refractivity contribution in [2.75, 3.05) is 23.1 Å². The molecule has 1 aliphatic rings. The maximum atomic E-state index is 12.1. The van der Waals surface area contributed by atoms with Crippen LogP contribution in [0.3, 0.4) is 0 Å². The summed E-state index contributed by atoms with van der Waals surface area (Å²) in [5.74, 6) is 5.97. The molecule has 4 nitrogen and oxygen atoms in total. The number of hydrogen-bond donors (Lipinski definition) is 1. The molecule has 0 aromatic heterocycles. The van der Waals surface area contributed by atoms with Crippen LogP contribution in [0, 0.1) is 18.8 Å². The maximum Gasteiger partial charge on any atom is 0.235 e. The van der Waals surface area contributed by atoms with E-state index in [9.17, 15) is 8.42 Å². The molecule has 2 rings (SSSR count). The third kappa shape index (κ3) is 3.28. The van der Waals surface area contributed by atoms with E-state index in [0.717, 1.165) is 24.0 Å². The Morgan fingerprint density at radius 1 is 1.32 bits per heavy atom. The molecule has 1 aliphatic heterocycles. The van der Waals surface area contributed by atoms with Gasteiger partial charge in [-0.3, -0.25) is 4.31 Å². The molecule has 0 saturated carbocycles. The van der Waals surface area contributed by atoms with Crippen molar-refractivity contribution in [3.05, 3.63) is 29.3 Å². The minimum Gasteiger partial charge on any atom is -0.320 e. The summed E-state index contributed by atoms with van der Waals surface area (Å²) in [6.07, 6.45) is 1.64. The summed E-state index contributed by atoms with van der Waals surface area (Å²) < 4.78 is 25.7. The van der Waals surface area contributed by atoms with Crippen LogP contribution >= 0.6 is 0 Å². The quantitative estimate of drug-likeness (QED) is 0.786. The smallest absolute Gasteiger partial charge is 0.235 e. The third-order valence-electron chi connectivity index (χ3n) is 3.03. The molecule has 1 fully saturated rings. The highest BCUT2D eigenvalue weighted by Gasteiger charge is 2.26. The van der Waals surface area contributed by atoms with Crippen molar-refractivity contribution in [1.29, 1.82) is 0 Å². The van der Waals surface area contributed by atoms with Crippen LogP contribution in [0.2, 0.25) is 0 Å². The first kappa shape index (κ1) is 13.9. The molecule has 0 spiro atoms. The molecule has 1 aromatic carbocycles. The lowest BCUT2D eigenvalue weighted by Gasteiger charge is -2.28. The number of rotatable bonds is 1. The molecule has 0 amide bonds. The van der Waals surface area contributed by atoms with Crippen molar-refractivity contribution >= 4 is 15.7 Å². The number of anilines is 1. The molecule has 0 aliphatic carbocycles. The van der Waals surface area contributed by atoms with Crippen molar-refractivity contribution in [3.8, 4) is 11.8 Å². The number of nitrogens with zero attached hydrogens (tertiary/aromatic N) is 1. The summed E-state index contributed by atoms with van der Waals surface area (Å²) in [6.45, 7) is 2.79. The van der Waals surface area contributed by atoms with Gasteiger partial charge in [0.15, 0.2) is 0 Å². The van der Waals surface area contributed by atoms with E-state index in [2.05, 4.69) is 11.8 Å². The Morgan fingerprint density at radius 2 is 2.11 bits per heavy atom. The molecule has 0 unspecified atom stereocenters. The van der Waals surface area contributed by atoms with Gasteiger partial charge >= 0.3 is 0 Å². The van der Waals surface area contributed by atoms with Crippen molar-refractivity contribution < 1.29 is 8.42 Å². The fourth-order valence-corrected chi connectivity index (χ4v) is 3.83. The fourth-order valence-electron chi connectivity index (χ4n) is 2.21. The van der Waals surface area contributed by atoms with Crippen molar-refractivity contribution in [1.82, 2.24) is 0 Å². The summed E-state index contributed by atoms with van der Waals surface area (Å²) in [5.41, 5.74) is 7.87. The number of hydrogen-bond acceptors (Lipinski definition) is 3. The molecular weight excluding hydrogens is 260 g/mol. The Labute approximate surface area is 114 Å². The van der Waals surface area contributed by atoms with Crippen molar-refractivity contribution in [2.45, 2.75) is 19.8 Å². The highest BCUT2D eigenvalue weighted by Crippen LogP contribution is 2.25. The van der Waals surface area contributed by atoms with E-state index in [4.69, 9.17) is 5.73 Å². The second-order valence-electron chi connectivity index (χ2n) is 4.66. The number of aryl methyl sites for hydroxylation is 1. The first-order chi connectivity index (χ1) is 9.03. The number of sulfonamides is 1. The predicted octanol–water partition coefficient (Wildman–Crippen LogP) is 1.24. The molecule has 1 aromatic rings. The van der Waals surface area contributed by atoms with Gasteiger partial charge in [-0.05, 0) is 43.5 Å². The first-order valence-corrected chi connectivity index (χ1v) is 7.95. The third-order valence-corrected chi connectivity index (χ3v) is 4.90. The van der Waals surface area contributed by atoms with Crippen LogP contribution in [0.5, 0.6) is 0 Å². The van der Waals surface area contributed by atoms with E-state index in [0.29, 0.717) is 18.8 Å². The molecule has 1 heterocycles. The normalized spacial score (nSPS) is 17.7. The van der Waals surface area contributed by atoms with E-state index < -0.39 is 10.0 Å². The van der Waals surface area contributed by atoms with Gasteiger partial charge in [0.05, 0.1) is 18.0 Å². The van der Waals surface area contributed by atoms with Crippen molar-refractivity contribution in [3.63, 3.8) is 0 Å². The van der Waals surface area contributed by atoms with Gasteiger partial charge < -0.3 is 5.73 Å². The molecule has 1 saturated heterocycles. The molecule has 5 heteroatoms. The van der Waals surface area contributed by atoms with Gasteiger partial charge in [-0.2, -0.15) is 0 Å². The van der Waals surface area contributed by atoms with Crippen LogP contribution in [0.25, 0.3) is 0 Å². The first-order valence-electron chi connectivity index (χ1n) is 6.34. The van der Waals surface area contributed by atoms with Gasteiger partial charge in [-0.1, -0.05) is 11.8 Å². The number of benzene rings is 1. The zero-order valence-electron chi connectivity index (χ0n) is 11.0. The average molecular weight is 278 g/mol. The maximum absolute atomic E-state index is 12.1. The monoisotopic (exact) mass is 278 g/mol. The molecule has 2 N–H and O–H groups in total. The van der Waals surface area contributed by atoms with Gasteiger partial charge in [0.2, 0.25) is 10.0 Å². The van der Waals surface area contributed by atoms with Crippen LogP contribution in [0.1, 0.15) is 24.0 Å². The molecule has 19 heavy (non-hydrogen) atoms. The Bertz CT molecular complexity index is 627. The fraction of sp³-hybridized carbons (Fsp3) is 0.429. The van der Waals surface area contributed by atoms with E-state index >= 15 is 0 Å². The van der Waals surface area contributed by atoms with Gasteiger partial charge in [0.25, 0.3) is 0 Å². The molecular formula is C14H18N2O2S. The highest BCUT2D eigenvalue weighted by molar-refractivity contribution is 7.92. The van der Waals surface area contributed by atoms with Crippen LogP contribution in [-0.4, -0.2) is 27.3 Å². The van der Waals surface area contributed by atoms with Crippen LogP contribution in [0.15, 0.2) is 18.2 Å². The molecule has 0 atom stereocenters. The molecule has 0 radical (unpaired) electrons. The van der Waals surface area contributed by atoms with E-state index in [-0.39, 0.29) is 5.75 Å². The Hall–Kier alpha value is -1.51. The van der Waals surface area contributed by atoms with E-state index in [1.807, 2.05) is 25.1 Å². The van der Waals surface area contributed by atoms with Crippen LogP contribution < -0.4 is 10.0 Å². The second-order valence-corrected chi connectivity index (χ2v) is 6.67. The van der Waals surface area contributed by atoms with Crippen LogP contribution in [-0.2, 0) is 10.0 Å². The standard InChI is InChI=1S/C14H18N2O2S/c1-12-9-13(5-4-6-15)11-14(10-12)16-7-2-3-8-19(16,17)18/h9-11H,2-3,6-8,15H2,1H3. The van der Waals surface area contributed by atoms with Gasteiger partial charge in [-0.25, -0.2) is 8.42 Å². The zero-order chi connectivity index (χ0) is 13.9. The summed E-state index contributed by atoms with van der Waals surface area (Å²) >= 11 is 0. The van der Waals surface area contributed by atoms with Crippen LogP contribution in [0.4, 0.5) is 5.69 Å². The minimum absolute atomic E-state index is 0.227. The lowest BCUT2D eigenvalue weighted by Crippen LogP contribution is -2.37.